The molecule has 0 heterocycles. The van der Waals surface area contributed by atoms with E-state index in [1.807, 2.05) is 0 Å². The second kappa shape index (κ2) is 2.96. The normalized spacial score (nSPS) is 19.7. The highest BCUT2D eigenvalue weighted by molar-refractivity contribution is 5.32. The van der Waals surface area contributed by atoms with Crippen LogP contribution in [0.3, 0.4) is 0 Å². The van der Waals surface area contributed by atoms with Crippen molar-refractivity contribution in [1.29, 1.82) is 0 Å². The highest BCUT2D eigenvalue weighted by Gasteiger charge is 1.92. The third-order valence-electron chi connectivity index (χ3n) is 2.07. The molecule has 0 heteroatoms. The Kier molecular flexibility index (Phi) is 2.21. The summed E-state index contributed by atoms with van der Waals surface area (Å²) in [6, 6.07) is 0. The summed E-state index contributed by atoms with van der Waals surface area (Å²) >= 11 is 0. The van der Waals surface area contributed by atoms with Crippen molar-refractivity contribution in [2.75, 3.05) is 0 Å². The Hall–Kier alpha value is -0.650. The summed E-state index contributed by atoms with van der Waals surface area (Å²) in [5.74, 6) is 0. The number of rotatable bonds is 0. The molecule has 1 aliphatic rings. The molecule has 0 nitrogen and oxygen atoms in total. The summed E-state index contributed by atoms with van der Waals surface area (Å²) in [5, 5.41) is 0. The zero-order valence-electron chi connectivity index (χ0n) is 7.07. The predicted octanol–water partition coefficient (Wildman–Crippen LogP) is 3.27. The standard InChI is InChI=1S/C10H15/c1-8-5-4-6-9(2)10(3)7-8/h6-7H,4-5H2,1-3H3/q-1. The maximum atomic E-state index is 2.32. The second-order valence-electron chi connectivity index (χ2n) is 3.10. The molecule has 10 heavy (non-hydrogen) atoms. The van der Waals surface area contributed by atoms with Crippen LogP contribution < -0.4 is 0 Å². The highest BCUT2D eigenvalue weighted by atomic mass is 14.1. The maximum absolute atomic E-state index is 2.32. The zero-order chi connectivity index (χ0) is 7.56. The third-order valence-corrected chi connectivity index (χ3v) is 2.07. The van der Waals surface area contributed by atoms with Crippen molar-refractivity contribution in [3.63, 3.8) is 0 Å². The molecule has 0 bridgehead atoms. The molecular weight excluding hydrogens is 120 g/mol. The van der Waals surface area contributed by atoms with Crippen LogP contribution in [0.4, 0.5) is 0 Å². The van der Waals surface area contributed by atoms with Crippen molar-refractivity contribution in [2.45, 2.75) is 33.6 Å². The minimum atomic E-state index is 1.21. The third kappa shape index (κ3) is 1.66. The molecule has 0 atom stereocenters. The summed E-state index contributed by atoms with van der Waals surface area (Å²) < 4.78 is 0. The van der Waals surface area contributed by atoms with Crippen molar-refractivity contribution in [1.82, 2.24) is 0 Å². The number of hydrogen-bond donors (Lipinski definition) is 0. The Bertz CT molecular complexity index is 182. The van der Waals surface area contributed by atoms with Crippen molar-refractivity contribution in [3.8, 4) is 0 Å². The van der Waals surface area contributed by atoms with E-state index in [4.69, 9.17) is 0 Å². The van der Waals surface area contributed by atoms with E-state index in [1.54, 1.807) is 0 Å². The fraction of sp³-hybridized carbons (Fsp3) is 0.500. The van der Waals surface area contributed by atoms with Gasteiger partial charge in [0.1, 0.15) is 0 Å². The minimum absolute atomic E-state index is 1.21. The van der Waals surface area contributed by atoms with Gasteiger partial charge in [-0.3, -0.25) is 0 Å². The smallest absolute Gasteiger partial charge is 0.0452 e. The summed E-state index contributed by atoms with van der Waals surface area (Å²) in [5.41, 5.74) is 4.37. The highest BCUT2D eigenvalue weighted by Crippen LogP contribution is 2.20. The molecular formula is C10H15-. The molecule has 0 N–H and O–H groups in total. The van der Waals surface area contributed by atoms with Gasteiger partial charge in [0.05, 0.1) is 0 Å². The zero-order valence-corrected chi connectivity index (χ0v) is 7.07. The van der Waals surface area contributed by atoms with Crippen LogP contribution >= 0.6 is 0 Å². The van der Waals surface area contributed by atoms with E-state index in [-0.39, 0.29) is 0 Å². The lowest BCUT2D eigenvalue weighted by atomic mass is 10.1. The molecule has 56 valence electrons. The average Bonchev–Trinajstić information content (AvgIpc) is 1.96. The van der Waals surface area contributed by atoms with Crippen molar-refractivity contribution >= 4 is 0 Å². The van der Waals surface area contributed by atoms with E-state index in [0.717, 1.165) is 0 Å². The van der Waals surface area contributed by atoms with Gasteiger partial charge in [-0.05, 0) is 13.3 Å². The fourth-order valence-electron chi connectivity index (χ4n) is 1.23. The first-order valence-corrected chi connectivity index (χ1v) is 3.88. The van der Waals surface area contributed by atoms with Crippen LogP contribution in [-0.4, -0.2) is 0 Å². The molecule has 0 radical (unpaired) electrons. The summed E-state index contributed by atoms with van der Waals surface area (Å²) in [6.45, 7) is 6.57. The molecule has 0 saturated heterocycles. The van der Waals surface area contributed by atoms with Crippen LogP contribution in [0.2, 0.25) is 0 Å². The van der Waals surface area contributed by atoms with Gasteiger partial charge in [-0.15, -0.1) is 13.0 Å². The summed E-state index contributed by atoms with van der Waals surface area (Å²) in [6.07, 6.45) is 7.06. The van der Waals surface area contributed by atoms with Crippen molar-refractivity contribution in [3.05, 3.63) is 29.2 Å². The van der Waals surface area contributed by atoms with Gasteiger partial charge in [-0.1, -0.05) is 18.9 Å². The van der Waals surface area contributed by atoms with Gasteiger partial charge in [-0.2, -0.15) is 5.57 Å². The van der Waals surface area contributed by atoms with Gasteiger partial charge in [0.25, 0.3) is 0 Å². The molecule has 1 aliphatic carbocycles. The summed E-state index contributed by atoms with van der Waals surface area (Å²) in [7, 11) is 0. The van der Waals surface area contributed by atoms with E-state index in [0.29, 0.717) is 0 Å². The topological polar surface area (TPSA) is 0 Å². The van der Waals surface area contributed by atoms with Crippen LogP contribution in [0.15, 0.2) is 22.8 Å². The quantitative estimate of drug-likeness (QED) is 0.447. The molecule has 0 aromatic heterocycles. The van der Waals surface area contributed by atoms with Gasteiger partial charge in [0.15, 0.2) is 0 Å². The van der Waals surface area contributed by atoms with E-state index >= 15 is 0 Å². The monoisotopic (exact) mass is 135 g/mol. The Balaban J connectivity index is 2.82. The molecule has 0 aromatic carbocycles. The molecule has 0 unspecified atom stereocenters. The average molecular weight is 135 g/mol. The molecule has 0 saturated carbocycles. The minimum Gasteiger partial charge on any atom is -0.227 e. The van der Waals surface area contributed by atoms with E-state index < -0.39 is 0 Å². The largest absolute Gasteiger partial charge is 0.227 e. The Morgan fingerprint density at radius 1 is 1.30 bits per heavy atom. The first kappa shape index (κ1) is 7.46. The lowest BCUT2D eigenvalue weighted by molar-refractivity contribution is 0.937. The number of hydrogen-bond acceptors (Lipinski definition) is 0. The number of allylic oxidation sites excluding steroid dienone is 4. The Morgan fingerprint density at radius 2 is 2.00 bits per heavy atom. The Morgan fingerprint density at radius 3 is 2.70 bits per heavy atom. The lowest BCUT2D eigenvalue weighted by Gasteiger charge is -2.10. The van der Waals surface area contributed by atoms with Crippen LogP contribution in [0.5, 0.6) is 0 Å². The van der Waals surface area contributed by atoms with Gasteiger partial charge in [-0.25, -0.2) is 12.0 Å². The second-order valence-corrected chi connectivity index (χ2v) is 3.10. The van der Waals surface area contributed by atoms with Gasteiger partial charge < -0.3 is 0 Å². The van der Waals surface area contributed by atoms with E-state index in [9.17, 15) is 0 Å². The van der Waals surface area contributed by atoms with Gasteiger partial charge >= 0.3 is 0 Å². The first-order valence-electron chi connectivity index (χ1n) is 3.88. The van der Waals surface area contributed by atoms with E-state index in [2.05, 4.69) is 33.3 Å². The predicted molar refractivity (Wildman–Crippen MR) is 45.7 cm³/mol. The SMILES string of the molecule is CC1=CC(C)=C(C)[CH-]CC1. The van der Waals surface area contributed by atoms with Crippen molar-refractivity contribution in [2.24, 2.45) is 0 Å². The van der Waals surface area contributed by atoms with Crippen molar-refractivity contribution < 1.29 is 0 Å². The lowest BCUT2D eigenvalue weighted by Crippen LogP contribution is -1.78. The van der Waals surface area contributed by atoms with Crippen LogP contribution in [0.25, 0.3) is 0 Å². The van der Waals surface area contributed by atoms with Crippen LogP contribution in [-0.2, 0) is 0 Å². The first-order chi connectivity index (χ1) is 4.70. The molecule has 0 spiro atoms. The summed E-state index contributed by atoms with van der Waals surface area (Å²) in [4.78, 5) is 0. The van der Waals surface area contributed by atoms with Crippen LogP contribution in [0, 0.1) is 6.42 Å². The molecule has 0 amide bonds. The molecule has 0 aromatic rings. The van der Waals surface area contributed by atoms with E-state index in [1.165, 1.54) is 29.6 Å². The Labute approximate surface area is 63.6 Å². The van der Waals surface area contributed by atoms with Gasteiger partial charge in [0, 0.05) is 0 Å². The molecule has 0 fully saturated rings. The van der Waals surface area contributed by atoms with Crippen LogP contribution in [0.1, 0.15) is 33.6 Å². The molecule has 1 rings (SSSR count). The van der Waals surface area contributed by atoms with Gasteiger partial charge in [0.2, 0.25) is 0 Å². The molecule has 0 aliphatic heterocycles. The fourth-order valence-corrected chi connectivity index (χ4v) is 1.23. The maximum Gasteiger partial charge on any atom is -0.0452 e.